The minimum absolute atomic E-state index is 0.301. The van der Waals surface area contributed by atoms with Crippen molar-refractivity contribution in [3.8, 4) is 0 Å². The van der Waals surface area contributed by atoms with Crippen LogP contribution in [0.25, 0.3) is 0 Å². The number of aromatic carboxylic acids is 1. The molecule has 1 rings (SSSR count). The quantitative estimate of drug-likeness (QED) is 0.754. The summed E-state index contributed by atoms with van der Waals surface area (Å²) in [6.07, 6.45) is -2.69. The number of alkyl halides is 2. The van der Waals surface area contributed by atoms with E-state index in [9.17, 15) is 13.6 Å². The van der Waals surface area contributed by atoms with Gasteiger partial charge in [0, 0.05) is 0 Å². The molecule has 1 aromatic rings. The lowest BCUT2D eigenvalue weighted by Gasteiger charge is -1.95. The summed E-state index contributed by atoms with van der Waals surface area (Å²) >= 11 is 0.755. The summed E-state index contributed by atoms with van der Waals surface area (Å²) in [6, 6.07) is 1.18. The second-order valence-electron chi connectivity index (χ2n) is 1.80. The molecule has 1 heterocycles. The Morgan fingerprint density at radius 3 is 2.64 bits per heavy atom. The van der Waals surface area contributed by atoms with Gasteiger partial charge in [0.1, 0.15) is 0 Å². The van der Waals surface area contributed by atoms with Crippen molar-refractivity contribution in [2.24, 2.45) is 0 Å². The summed E-state index contributed by atoms with van der Waals surface area (Å²) in [6.45, 7) is 0. The maximum atomic E-state index is 12.0. The van der Waals surface area contributed by atoms with Gasteiger partial charge in [-0.3, -0.25) is 0 Å². The lowest BCUT2D eigenvalue weighted by molar-refractivity contribution is 0.0687. The van der Waals surface area contributed by atoms with Crippen LogP contribution in [0.5, 0.6) is 0 Å². The van der Waals surface area contributed by atoms with E-state index in [1.807, 2.05) is 0 Å². The molecule has 2 nitrogen and oxygen atoms in total. The van der Waals surface area contributed by atoms with E-state index in [2.05, 4.69) is 0 Å². The molecule has 0 saturated heterocycles. The van der Waals surface area contributed by atoms with E-state index >= 15 is 0 Å². The summed E-state index contributed by atoms with van der Waals surface area (Å²) in [5, 5.41) is 9.72. The standard InChI is InChI=1S/C6H4F2O2S/c7-5(8)4-3(6(9)10)1-2-11-4/h1-2,5H,(H,9,10). The molecule has 0 unspecified atom stereocenters. The Balaban J connectivity index is 3.06. The van der Waals surface area contributed by atoms with Crippen molar-refractivity contribution in [1.29, 1.82) is 0 Å². The first-order chi connectivity index (χ1) is 5.13. The number of rotatable bonds is 2. The molecule has 5 heteroatoms. The van der Waals surface area contributed by atoms with Gasteiger partial charge < -0.3 is 5.11 Å². The third kappa shape index (κ3) is 1.54. The molecule has 1 aromatic heterocycles. The number of thiophene rings is 1. The van der Waals surface area contributed by atoms with Crippen molar-refractivity contribution >= 4 is 17.3 Å². The minimum Gasteiger partial charge on any atom is -0.478 e. The van der Waals surface area contributed by atoms with Crippen molar-refractivity contribution in [3.63, 3.8) is 0 Å². The van der Waals surface area contributed by atoms with Crippen molar-refractivity contribution in [1.82, 2.24) is 0 Å². The Morgan fingerprint density at radius 1 is 1.64 bits per heavy atom. The predicted molar refractivity (Wildman–Crippen MR) is 36.2 cm³/mol. The Kier molecular flexibility index (Phi) is 2.19. The highest BCUT2D eigenvalue weighted by Gasteiger charge is 2.18. The van der Waals surface area contributed by atoms with Gasteiger partial charge in [-0.2, -0.15) is 0 Å². The molecule has 0 spiro atoms. The van der Waals surface area contributed by atoms with E-state index < -0.39 is 12.4 Å². The van der Waals surface area contributed by atoms with Gasteiger partial charge in [0.05, 0.1) is 10.4 Å². The fourth-order valence-electron chi connectivity index (χ4n) is 0.667. The first-order valence-corrected chi connectivity index (χ1v) is 3.59. The molecule has 0 fully saturated rings. The largest absolute Gasteiger partial charge is 0.478 e. The third-order valence-electron chi connectivity index (χ3n) is 1.12. The molecular formula is C6H4F2O2S. The maximum absolute atomic E-state index is 12.0. The summed E-state index contributed by atoms with van der Waals surface area (Å²) < 4.78 is 23.9. The summed E-state index contributed by atoms with van der Waals surface area (Å²) in [4.78, 5) is 9.88. The zero-order valence-corrected chi connectivity index (χ0v) is 6.07. The molecule has 0 aromatic carbocycles. The number of carboxylic acids is 1. The summed E-state index contributed by atoms with van der Waals surface area (Å²) in [7, 11) is 0. The van der Waals surface area contributed by atoms with Crippen LogP contribution in [0.3, 0.4) is 0 Å². The molecule has 0 aliphatic rings. The predicted octanol–water partition coefficient (Wildman–Crippen LogP) is 2.38. The van der Waals surface area contributed by atoms with Crippen LogP contribution in [0.15, 0.2) is 11.4 Å². The van der Waals surface area contributed by atoms with E-state index in [4.69, 9.17) is 5.11 Å². The molecule has 0 saturated carbocycles. The van der Waals surface area contributed by atoms with Crippen LogP contribution < -0.4 is 0 Å². The van der Waals surface area contributed by atoms with Crippen LogP contribution in [0.2, 0.25) is 0 Å². The lowest BCUT2D eigenvalue weighted by atomic mass is 10.3. The van der Waals surface area contributed by atoms with Crippen LogP contribution in [0.4, 0.5) is 8.78 Å². The van der Waals surface area contributed by atoms with Gasteiger partial charge in [-0.25, -0.2) is 13.6 Å². The fraction of sp³-hybridized carbons (Fsp3) is 0.167. The van der Waals surface area contributed by atoms with Crippen molar-refractivity contribution in [2.75, 3.05) is 0 Å². The van der Waals surface area contributed by atoms with Gasteiger partial charge >= 0.3 is 5.97 Å². The Bertz CT molecular complexity index is 269. The van der Waals surface area contributed by atoms with Crippen LogP contribution >= 0.6 is 11.3 Å². The smallest absolute Gasteiger partial charge is 0.337 e. The van der Waals surface area contributed by atoms with Crippen LogP contribution in [-0.2, 0) is 0 Å². The zero-order valence-electron chi connectivity index (χ0n) is 5.25. The molecule has 0 bridgehead atoms. The Labute approximate surface area is 65.1 Å². The average Bonchev–Trinajstić information content (AvgIpc) is 2.32. The molecule has 0 aliphatic heterocycles. The van der Waals surface area contributed by atoms with Gasteiger partial charge in [-0.1, -0.05) is 0 Å². The average molecular weight is 178 g/mol. The van der Waals surface area contributed by atoms with Gasteiger partial charge in [-0.05, 0) is 11.4 Å². The molecule has 11 heavy (non-hydrogen) atoms. The number of halogens is 2. The van der Waals surface area contributed by atoms with Crippen LogP contribution in [0.1, 0.15) is 21.7 Å². The highest BCUT2D eigenvalue weighted by atomic mass is 32.1. The summed E-state index contributed by atoms with van der Waals surface area (Å²) in [5.74, 6) is -1.30. The van der Waals surface area contributed by atoms with E-state index in [1.165, 1.54) is 11.4 Å². The zero-order chi connectivity index (χ0) is 8.43. The number of carboxylic acid groups (broad SMARTS) is 1. The normalized spacial score (nSPS) is 10.5. The summed E-state index contributed by atoms with van der Waals surface area (Å²) in [5.41, 5.74) is -0.301. The molecule has 0 atom stereocenters. The second kappa shape index (κ2) is 2.96. The Morgan fingerprint density at radius 2 is 2.27 bits per heavy atom. The molecular weight excluding hydrogens is 174 g/mol. The number of carbonyl (C=O) groups is 1. The first kappa shape index (κ1) is 8.13. The van der Waals surface area contributed by atoms with Crippen LogP contribution in [-0.4, -0.2) is 11.1 Å². The molecule has 0 amide bonds. The van der Waals surface area contributed by atoms with Gasteiger partial charge in [0.2, 0.25) is 0 Å². The van der Waals surface area contributed by atoms with E-state index in [1.54, 1.807) is 0 Å². The minimum atomic E-state index is -2.69. The molecule has 0 aliphatic carbocycles. The highest BCUT2D eigenvalue weighted by Crippen LogP contribution is 2.27. The number of hydrogen-bond acceptors (Lipinski definition) is 2. The maximum Gasteiger partial charge on any atom is 0.337 e. The third-order valence-corrected chi connectivity index (χ3v) is 2.05. The lowest BCUT2D eigenvalue weighted by Crippen LogP contribution is -1.97. The van der Waals surface area contributed by atoms with Gasteiger partial charge in [-0.15, -0.1) is 11.3 Å². The van der Waals surface area contributed by atoms with Crippen molar-refractivity contribution in [2.45, 2.75) is 6.43 Å². The van der Waals surface area contributed by atoms with Crippen LogP contribution in [0, 0.1) is 0 Å². The SMILES string of the molecule is O=C(O)c1ccsc1C(F)F. The fourth-order valence-corrected chi connectivity index (χ4v) is 1.40. The molecule has 0 radical (unpaired) electrons. The van der Waals surface area contributed by atoms with E-state index in [0.717, 1.165) is 11.3 Å². The van der Waals surface area contributed by atoms with Crippen molar-refractivity contribution < 1.29 is 18.7 Å². The topological polar surface area (TPSA) is 37.3 Å². The number of hydrogen-bond donors (Lipinski definition) is 1. The Hall–Kier alpha value is -0.970. The molecule has 1 N–H and O–H groups in total. The first-order valence-electron chi connectivity index (χ1n) is 2.71. The second-order valence-corrected chi connectivity index (χ2v) is 2.75. The van der Waals surface area contributed by atoms with E-state index in [0.29, 0.717) is 0 Å². The van der Waals surface area contributed by atoms with Crippen molar-refractivity contribution in [3.05, 3.63) is 21.9 Å². The monoisotopic (exact) mass is 178 g/mol. The van der Waals surface area contributed by atoms with E-state index in [-0.39, 0.29) is 10.4 Å². The van der Waals surface area contributed by atoms with Gasteiger partial charge in [0.25, 0.3) is 6.43 Å². The molecule has 60 valence electrons. The highest BCUT2D eigenvalue weighted by molar-refractivity contribution is 7.10. The van der Waals surface area contributed by atoms with Gasteiger partial charge in [0.15, 0.2) is 0 Å².